The quantitative estimate of drug-likeness (QED) is 0.621. The predicted molar refractivity (Wildman–Crippen MR) is 45.3 cm³/mol. The zero-order valence-electron chi connectivity index (χ0n) is 7.51. The van der Waals surface area contributed by atoms with E-state index in [1.165, 1.54) is 4.68 Å². The van der Waals surface area contributed by atoms with Crippen LogP contribution in [0.2, 0.25) is 0 Å². The van der Waals surface area contributed by atoms with E-state index < -0.39 is 11.9 Å². The normalized spacial score (nSPS) is 13.2. The number of nitrogen functional groups attached to an aromatic ring is 1. The summed E-state index contributed by atoms with van der Waals surface area (Å²) < 4.78 is 1.23. The van der Waals surface area contributed by atoms with E-state index in [2.05, 4.69) is 15.5 Å². The standard InChI is InChI=1S/C6H12N6O/c1-3(2)4(5(7)13)12-6(8)9-10-11-12/h3-4H,1-2H3,(H2,7,13)(H2,8,9,11). The number of aromatic nitrogens is 4. The van der Waals surface area contributed by atoms with Gasteiger partial charge in [0, 0.05) is 0 Å². The molecule has 1 atom stereocenters. The lowest BCUT2D eigenvalue weighted by Gasteiger charge is -2.16. The Morgan fingerprint density at radius 1 is 1.54 bits per heavy atom. The van der Waals surface area contributed by atoms with Crippen LogP contribution in [-0.4, -0.2) is 26.1 Å². The number of amides is 1. The lowest BCUT2D eigenvalue weighted by atomic mass is 10.0. The highest BCUT2D eigenvalue weighted by Gasteiger charge is 2.24. The average molecular weight is 184 g/mol. The number of hydrogen-bond donors (Lipinski definition) is 2. The molecule has 4 N–H and O–H groups in total. The Balaban J connectivity index is 3.02. The van der Waals surface area contributed by atoms with Gasteiger partial charge in [0.1, 0.15) is 6.04 Å². The van der Waals surface area contributed by atoms with Crippen LogP contribution in [0.4, 0.5) is 5.95 Å². The van der Waals surface area contributed by atoms with Crippen LogP contribution in [0.3, 0.4) is 0 Å². The van der Waals surface area contributed by atoms with Crippen molar-refractivity contribution in [2.24, 2.45) is 11.7 Å². The Morgan fingerprint density at radius 2 is 2.15 bits per heavy atom. The zero-order valence-corrected chi connectivity index (χ0v) is 7.51. The van der Waals surface area contributed by atoms with E-state index in [0.29, 0.717) is 0 Å². The van der Waals surface area contributed by atoms with Crippen molar-refractivity contribution in [3.05, 3.63) is 0 Å². The van der Waals surface area contributed by atoms with Crippen LogP contribution in [0.5, 0.6) is 0 Å². The highest BCUT2D eigenvalue weighted by atomic mass is 16.1. The number of hydrogen-bond acceptors (Lipinski definition) is 5. The lowest BCUT2D eigenvalue weighted by molar-refractivity contribution is -0.122. The smallest absolute Gasteiger partial charge is 0.242 e. The maximum absolute atomic E-state index is 11.0. The molecule has 1 unspecified atom stereocenters. The van der Waals surface area contributed by atoms with Crippen LogP contribution >= 0.6 is 0 Å². The Hall–Kier alpha value is -1.66. The summed E-state index contributed by atoms with van der Waals surface area (Å²) in [5.41, 5.74) is 10.6. The van der Waals surface area contributed by atoms with Crippen molar-refractivity contribution in [2.75, 3.05) is 5.73 Å². The number of carbonyl (C=O) groups is 1. The first-order chi connectivity index (χ1) is 6.04. The number of nitrogens with zero attached hydrogens (tertiary/aromatic N) is 4. The maximum atomic E-state index is 11.0. The van der Waals surface area contributed by atoms with Crippen molar-refractivity contribution in [1.82, 2.24) is 20.2 Å². The van der Waals surface area contributed by atoms with Gasteiger partial charge < -0.3 is 11.5 Å². The van der Waals surface area contributed by atoms with Gasteiger partial charge in [0.05, 0.1) is 0 Å². The molecule has 1 aromatic heterocycles. The Bertz CT molecular complexity index is 306. The first kappa shape index (κ1) is 9.43. The van der Waals surface area contributed by atoms with Crippen molar-refractivity contribution < 1.29 is 4.79 Å². The van der Waals surface area contributed by atoms with E-state index >= 15 is 0 Å². The molecular weight excluding hydrogens is 172 g/mol. The molecule has 72 valence electrons. The number of primary amides is 1. The minimum Gasteiger partial charge on any atom is -0.368 e. The number of carbonyl (C=O) groups excluding carboxylic acids is 1. The summed E-state index contributed by atoms with van der Waals surface area (Å²) in [4.78, 5) is 11.0. The second-order valence-electron chi connectivity index (χ2n) is 3.07. The van der Waals surface area contributed by atoms with Gasteiger partial charge in [-0.3, -0.25) is 4.79 Å². The number of nitrogens with two attached hydrogens (primary N) is 2. The molecule has 13 heavy (non-hydrogen) atoms. The van der Waals surface area contributed by atoms with Crippen molar-refractivity contribution in [3.63, 3.8) is 0 Å². The molecule has 0 aliphatic carbocycles. The first-order valence-corrected chi connectivity index (χ1v) is 3.86. The fourth-order valence-corrected chi connectivity index (χ4v) is 1.13. The summed E-state index contributed by atoms with van der Waals surface area (Å²) in [6.07, 6.45) is 0. The number of tetrazole rings is 1. The summed E-state index contributed by atoms with van der Waals surface area (Å²) >= 11 is 0. The molecule has 0 spiro atoms. The average Bonchev–Trinajstić information content (AvgIpc) is 2.35. The third-order valence-corrected chi connectivity index (χ3v) is 1.70. The molecule has 1 rings (SSSR count). The molecule has 7 heteroatoms. The highest BCUT2D eigenvalue weighted by molar-refractivity contribution is 5.78. The number of rotatable bonds is 3. The largest absolute Gasteiger partial charge is 0.368 e. The van der Waals surface area contributed by atoms with E-state index in [9.17, 15) is 4.79 Å². The Morgan fingerprint density at radius 3 is 2.46 bits per heavy atom. The van der Waals surface area contributed by atoms with Crippen molar-refractivity contribution in [1.29, 1.82) is 0 Å². The molecule has 0 fully saturated rings. The molecule has 1 amide bonds. The number of anilines is 1. The van der Waals surface area contributed by atoms with E-state index in [0.717, 1.165) is 0 Å². The molecule has 1 aromatic rings. The summed E-state index contributed by atoms with van der Waals surface area (Å²) in [6, 6.07) is -0.588. The fraction of sp³-hybridized carbons (Fsp3) is 0.667. The minimum atomic E-state index is -0.588. The van der Waals surface area contributed by atoms with E-state index in [1.807, 2.05) is 13.8 Å². The van der Waals surface area contributed by atoms with Gasteiger partial charge >= 0.3 is 0 Å². The van der Waals surface area contributed by atoms with Crippen LogP contribution in [0, 0.1) is 5.92 Å². The fourth-order valence-electron chi connectivity index (χ4n) is 1.13. The summed E-state index contributed by atoms with van der Waals surface area (Å²) in [5, 5.41) is 10.4. The third kappa shape index (κ3) is 1.74. The van der Waals surface area contributed by atoms with Gasteiger partial charge in [-0.05, 0) is 16.3 Å². The molecule has 0 radical (unpaired) electrons. The summed E-state index contributed by atoms with van der Waals surface area (Å²) in [6.45, 7) is 3.69. The minimum absolute atomic E-state index is 0.00306. The topological polar surface area (TPSA) is 113 Å². The molecule has 0 bridgehead atoms. The van der Waals surface area contributed by atoms with Gasteiger partial charge in [0.25, 0.3) is 0 Å². The Kier molecular flexibility index (Phi) is 2.45. The lowest BCUT2D eigenvalue weighted by Crippen LogP contribution is -2.32. The van der Waals surface area contributed by atoms with Gasteiger partial charge in [-0.2, -0.15) is 4.68 Å². The monoisotopic (exact) mass is 184 g/mol. The second-order valence-corrected chi connectivity index (χ2v) is 3.07. The first-order valence-electron chi connectivity index (χ1n) is 3.86. The summed E-state index contributed by atoms with van der Waals surface area (Å²) in [7, 11) is 0. The van der Waals surface area contributed by atoms with Gasteiger partial charge in [-0.25, -0.2) is 0 Å². The molecule has 0 aromatic carbocycles. The molecule has 7 nitrogen and oxygen atoms in total. The maximum Gasteiger partial charge on any atom is 0.242 e. The van der Waals surface area contributed by atoms with Gasteiger partial charge in [0.2, 0.25) is 11.9 Å². The highest BCUT2D eigenvalue weighted by Crippen LogP contribution is 2.17. The Labute approximate surface area is 75.1 Å². The van der Waals surface area contributed by atoms with Gasteiger partial charge in [-0.15, -0.1) is 0 Å². The molecule has 1 heterocycles. The van der Waals surface area contributed by atoms with Crippen LogP contribution < -0.4 is 11.5 Å². The SMILES string of the molecule is CC(C)C(C(N)=O)n1nnnc1N. The molecule has 0 saturated heterocycles. The van der Waals surface area contributed by atoms with Gasteiger partial charge in [0.15, 0.2) is 0 Å². The van der Waals surface area contributed by atoms with Gasteiger partial charge in [-0.1, -0.05) is 18.9 Å². The second kappa shape index (κ2) is 3.38. The third-order valence-electron chi connectivity index (χ3n) is 1.70. The van der Waals surface area contributed by atoms with E-state index in [-0.39, 0.29) is 11.9 Å². The van der Waals surface area contributed by atoms with Crippen molar-refractivity contribution in [2.45, 2.75) is 19.9 Å². The van der Waals surface area contributed by atoms with E-state index in [1.54, 1.807) is 0 Å². The molecule has 0 aliphatic heterocycles. The summed E-state index contributed by atoms with van der Waals surface area (Å²) in [5.74, 6) is -0.394. The van der Waals surface area contributed by atoms with Crippen LogP contribution in [-0.2, 0) is 4.79 Å². The van der Waals surface area contributed by atoms with Crippen LogP contribution in [0.25, 0.3) is 0 Å². The zero-order chi connectivity index (χ0) is 10.0. The predicted octanol–water partition coefficient (Wildman–Crippen LogP) is -1.06. The molecular formula is C6H12N6O. The van der Waals surface area contributed by atoms with Crippen LogP contribution in [0.1, 0.15) is 19.9 Å². The van der Waals surface area contributed by atoms with Crippen LogP contribution in [0.15, 0.2) is 0 Å². The van der Waals surface area contributed by atoms with E-state index in [4.69, 9.17) is 11.5 Å². The van der Waals surface area contributed by atoms with Crippen molar-refractivity contribution in [3.8, 4) is 0 Å². The molecule has 0 aliphatic rings. The molecule has 0 saturated carbocycles. The van der Waals surface area contributed by atoms with Crippen molar-refractivity contribution >= 4 is 11.9 Å².